The molecule has 34 heavy (non-hydrogen) atoms. The maximum atomic E-state index is 13.2. The van der Waals surface area contributed by atoms with Crippen molar-refractivity contribution in [3.05, 3.63) is 30.0 Å². The molecule has 1 saturated carbocycles. The third-order valence-corrected chi connectivity index (χ3v) is 6.84. The number of nitrogens with zero attached hydrogens (tertiary/aromatic N) is 1. The highest BCUT2D eigenvalue weighted by atomic mass is 16.5. The van der Waals surface area contributed by atoms with Gasteiger partial charge in [0.25, 0.3) is 0 Å². The number of H-pyrrole nitrogens is 1. The van der Waals surface area contributed by atoms with Crippen molar-refractivity contribution in [2.45, 2.75) is 64.0 Å². The van der Waals surface area contributed by atoms with Gasteiger partial charge in [-0.1, -0.05) is 18.9 Å². The minimum Gasteiger partial charge on any atom is -0.496 e. The summed E-state index contributed by atoms with van der Waals surface area (Å²) < 4.78 is 5.38. The second kappa shape index (κ2) is 9.49. The number of ketones is 1. The maximum Gasteiger partial charge on any atom is 0.224 e. The summed E-state index contributed by atoms with van der Waals surface area (Å²) in [6.07, 6.45) is 3.68. The van der Waals surface area contributed by atoms with Gasteiger partial charge in [0.1, 0.15) is 11.8 Å². The topological polar surface area (TPSA) is 124 Å². The molecule has 1 aromatic heterocycles. The van der Waals surface area contributed by atoms with Crippen LogP contribution in [0, 0.1) is 29.1 Å². The molecule has 4 rings (SSSR count). The number of aromatic amines is 1. The van der Waals surface area contributed by atoms with Gasteiger partial charge in [0, 0.05) is 34.7 Å². The molecule has 3 unspecified atom stereocenters. The molecule has 1 aliphatic heterocycles. The van der Waals surface area contributed by atoms with Crippen LogP contribution in [-0.4, -0.2) is 41.3 Å². The number of nitrogens with one attached hydrogen (secondary N) is 3. The Bertz CT molecular complexity index is 1140. The summed E-state index contributed by atoms with van der Waals surface area (Å²) >= 11 is 0. The molecule has 1 aromatic carbocycles. The first-order valence-corrected chi connectivity index (χ1v) is 11.9. The van der Waals surface area contributed by atoms with E-state index in [1.165, 1.54) is 0 Å². The number of ether oxygens (including phenoxy) is 1. The highest BCUT2D eigenvalue weighted by Crippen LogP contribution is 2.37. The first-order valence-electron chi connectivity index (χ1n) is 11.9. The van der Waals surface area contributed by atoms with Gasteiger partial charge in [-0.05, 0) is 57.2 Å². The van der Waals surface area contributed by atoms with Gasteiger partial charge in [0.15, 0.2) is 5.78 Å². The molecule has 2 aliphatic rings. The van der Waals surface area contributed by atoms with E-state index in [0.717, 1.165) is 23.7 Å². The lowest BCUT2D eigenvalue weighted by Gasteiger charge is -2.20. The Morgan fingerprint density at radius 3 is 2.68 bits per heavy atom. The average Bonchev–Trinajstić information content (AvgIpc) is 3.42. The number of rotatable bonds is 10. The zero-order chi connectivity index (χ0) is 24.5. The number of nitriles is 1. The molecular formula is C26H32N4O4. The molecule has 8 heteroatoms. The molecular weight excluding hydrogens is 432 g/mol. The minimum atomic E-state index is -0.772. The van der Waals surface area contributed by atoms with E-state index in [-0.39, 0.29) is 41.9 Å². The number of amides is 2. The van der Waals surface area contributed by atoms with Crippen molar-refractivity contribution in [1.29, 1.82) is 5.26 Å². The number of Topliss-reactive ketones (excluding diaryl/α,β-unsaturated/α-hetero) is 1. The van der Waals surface area contributed by atoms with Crippen LogP contribution in [0.4, 0.5) is 0 Å². The van der Waals surface area contributed by atoms with Gasteiger partial charge in [0.05, 0.1) is 18.9 Å². The van der Waals surface area contributed by atoms with Crippen LogP contribution in [0.5, 0.6) is 5.75 Å². The Labute approximate surface area is 199 Å². The standard InChI is InChI=1S/C26H32N4O4/c1-26(2)13-17(25(33)30-26)10-18(14-27)28-24(32)16(9-15-7-8-15)11-22(31)21-12-19-20(29-21)5-4-6-23(19)34-3/h4-6,12,15-18,29H,7-11,13H2,1-3H3,(H,28,32)(H,30,33). The van der Waals surface area contributed by atoms with Crippen LogP contribution in [0.25, 0.3) is 10.9 Å². The predicted octanol–water partition coefficient (Wildman–Crippen LogP) is 3.48. The smallest absolute Gasteiger partial charge is 0.224 e. The maximum absolute atomic E-state index is 13.2. The van der Waals surface area contributed by atoms with E-state index in [1.54, 1.807) is 13.2 Å². The van der Waals surface area contributed by atoms with Gasteiger partial charge >= 0.3 is 0 Å². The van der Waals surface area contributed by atoms with Crippen LogP contribution >= 0.6 is 0 Å². The normalized spacial score (nSPS) is 20.9. The number of carbonyl (C=O) groups is 3. The lowest BCUT2D eigenvalue weighted by Crippen LogP contribution is -2.40. The number of fused-ring (bicyclic) bond motifs is 1. The van der Waals surface area contributed by atoms with Crippen LogP contribution in [0.2, 0.25) is 0 Å². The Morgan fingerprint density at radius 2 is 2.06 bits per heavy atom. The van der Waals surface area contributed by atoms with Crippen LogP contribution in [0.3, 0.4) is 0 Å². The molecule has 0 bridgehead atoms. The second-order valence-electron chi connectivity index (χ2n) is 10.3. The van der Waals surface area contributed by atoms with Crippen molar-refractivity contribution in [2.75, 3.05) is 7.11 Å². The number of hydrogen-bond acceptors (Lipinski definition) is 5. The number of methoxy groups -OCH3 is 1. The van der Waals surface area contributed by atoms with Crippen molar-refractivity contribution in [3.63, 3.8) is 0 Å². The van der Waals surface area contributed by atoms with E-state index >= 15 is 0 Å². The quantitative estimate of drug-likeness (QED) is 0.465. The molecule has 3 atom stereocenters. The van der Waals surface area contributed by atoms with Gasteiger partial charge in [-0.2, -0.15) is 5.26 Å². The Hall–Kier alpha value is -3.34. The molecule has 3 N–H and O–H groups in total. The van der Waals surface area contributed by atoms with E-state index < -0.39 is 12.0 Å². The van der Waals surface area contributed by atoms with Crippen LogP contribution in [0.15, 0.2) is 24.3 Å². The second-order valence-corrected chi connectivity index (χ2v) is 10.3. The predicted molar refractivity (Wildman–Crippen MR) is 127 cm³/mol. The van der Waals surface area contributed by atoms with Gasteiger partial charge in [-0.25, -0.2) is 0 Å². The minimum absolute atomic E-state index is 0.0621. The summed E-state index contributed by atoms with van der Waals surface area (Å²) in [6.45, 7) is 3.89. The molecule has 180 valence electrons. The summed E-state index contributed by atoms with van der Waals surface area (Å²) in [6, 6.07) is 8.68. The van der Waals surface area contributed by atoms with Crippen molar-refractivity contribution >= 4 is 28.5 Å². The third kappa shape index (κ3) is 5.41. The fraction of sp³-hybridized carbons (Fsp3) is 0.538. The van der Waals surface area contributed by atoms with Crippen molar-refractivity contribution < 1.29 is 19.1 Å². The molecule has 2 heterocycles. The summed E-state index contributed by atoms with van der Waals surface area (Å²) in [4.78, 5) is 41.6. The largest absolute Gasteiger partial charge is 0.496 e. The van der Waals surface area contributed by atoms with Crippen LogP contribution in [-0.2, 0) is 9.59 Å². The van der Waals surface area contributed by atoms with Crippen molar-refractivity contribution in [1.82, 2.24) is 15.6 Å². The molecule has 0 radical (unpaired) electrons. The summed E-state index contributed by atoms with van der Waals surface area (Å²) in [7, 11) is 1.58. The Morgan fingerprint density at radius 1 is 1.29 bits per heavy atom. The van der Waals surface area contributed by atoms with Crippen molar-refractivity contribution in [3.8, 4) is 11.8 Å². The zero-order valence-corrected chi connectivity index (χ0v) is 19.9. The van der Waals surface area contributed by atoms with Gasteiger partial charge in [-0.3, -0.25) is 14.4 Å². The first kappa shape index (κ1) is 23.8. The van der Waals surface area contributed by atoms with Crippen LogP contribution < -0.4 is 15.4 Å². The summed E-state index contributed by atoms with van der Waals surface area (Å²) in [5, 5.41) is 16.2. The Kier molecular flexibility index (Phi) is 6.65. The van der Waals surface area contributed by atoms with Gasteiger partial charge in [-0.15, -0.1) is 0 Å². The molecule has 2 amide bonds. The van der Waals surface area contributed by atoms with E-state index in [1.807, 2.05) is 32.0 Å². The monoisotopic (exact) mass is 464 g/mol. The number of carbonyl (C=O) groups excluding carboxylic acids is 3. The molecule has 1 saturated heterocycles. The molecule has 1 aliphatic carbocycles. The van der Waals surface area contributed by atoms with E-state index in [0.29, 0.717) is 30.2 Å². The lowest BCUT2D eigenvalue weighted by molar-refractivity contribution is -0.127. The van der Waals surface area contributed by atoms with E-state index in [2.05, 4.69) is 21.7 Å². The molecule has 0 spiro atoms. The highest BCUT2D eigenvalue weighted by Gasteiger charge is 2.39. The fourth-order valence-electron chi connectivity index (χ4n) is 4.93. The summed E-state index contributed by atoms with van der Waals surface area (Å²) in [5.74, 6) is -0.242. The SMILES string of the molecule is COc1cccc2[nH]c(C(=O)CC(CC3CC3)C(=O)NC(C#N)CC3CC(C)(C)NC3=O)cc12. The van der Waals surface area contributed by atoms with Crippen molar-refractivity contribution in [2.24, 2.45) is 17.8 Å². The average molecular weight is 465 g/mol. The highest BCUT2D eigenvalue weighted by molar-refractivity contribution is 6.02. The van der Waals surface area contributed by atoms with Gasteiger partial charge in [0.2, 0.25) is 11.8 Å². The first-order chi connectivity index (χ1) is 16.2. The molecule has 2 aromatic rings. The van der Waals surface area contributed by atoms with E-state index in [9.17, 15) is 19.6 Å². The number of aromatic nitrogens is 1. The van der Waals surface area contributed by atoms with Crippen LogP contribution in [0.1, 0.15) is 62.9 Å². The Balaban J connectivity index is 1.44. The number of hydrogen-bond donors (Lipinski definition) is 3. The number of benzene rings is 1. The zero-order valence-electron chi connectivity index (χ0n) is 19.9. The lowest BCUT2D eigenvalue weighted by atomic mass is 9.90. The fourth-order valence-corrected chi connectivity index (χ4v) is 4.93. The third-order valence-electron chi connectivity index (χ3n) is 6.84. The van der Waals surface area contributed by atoms with Gasteiger partial charge < -0.3 is 20.4 Å². The molecule has 8 nitrogen and oxygen atoms in total. The summed E-state index contributed by atoms with van der Waals surface area (Å²) in [5.41, 5.74) is 0.928. The van der Waals surface area contributed by atoms with E-state index in [4.69, 9.17) is 4.74 Å². The molecule has 2 fully saturated rings.